The van der Waals surface area contributed by atoms with E-state index < -0.39 is 16.6 Å². The van der Waals surface area contributed by atoms with Gasteiger partial charge in [0.2, 0.25) is 5.91 Å². The summed E-state index contributed by atoms with van der Waals surface area (Å²) in [5.41, 5.74) is 5.14. The van der Waals surface area contributed by atoms with Crippen molar-refractivity contribution in [1.29, 1.82) is 0 Å². The van der Waals surface area contributed by atoms with E-state index in [0.717, 1.165) is 6.07 Å². The zero-order chi connectivity index (χ0) is 16.3. The Morgan fingerprint density at radius 2 is 2.05 bits per heavy atom. The number of halogens is 2. The van der Waals surface area contributed by atoms with Crippen molar-refractivity contribution in [2.45, 2.75) is 6.61 Å². The largest absolute Gasteiger partial charge is 0.487 e. The van der Waals surface area contributed by atoms with Crippen LogP contribution in [0.15, 0.2) is 40.9 Å². The number of benzene rings is 2. The lowest BCUT2D eigenvalue weighted by molar-refractivity contribution is -0.385. The van der Waals surface area contributed by atoms with Crippen molar-refractivity contribution >= 4 is 27.5 Å². The Bertz CT molecular complexity index is 752. The lowest BCUT2D eigenvalue weighted by Crippen LogP contribution is -2.12. The average Bonchev–Trinajstić information content (AvgIpc) is 2.46. The summed E-state index contributed by atoms with van der Waals surface area (Å²) in [6.07, 6.45) is 0. The molecule has 0 aromatic heterocycles. The Balaban J connectivity index is 2.25. The zero-order valence-corrected chi connectivity index (χ0v) is 12.7. The van der Waals surface area contributed by atoms with Gasteiger partial charge in [-0.2, -0.15) is 0 Å². The van der Waals surface area contributed by atoms with Crippen LogP contribution in [-0.2, 0) is 6.61 Å². The fraction of sp³-hybridized carbons (Fsp3) is 0.0714. The van der Waals surface area contributed by atoms with Crippen LogP contribution in [-0.4, -0.2) is 10.8 Å². The van der Waals surface area contributed by atoms with Crippen LogP contribution in [0.25, 0.3) is 0 Å². The number of hydrogen-bond donors (Lipinski definition) is 1. The molecule has 0 heterocycles. The minimum atomic E-state index is -0.753. The van der Waals surface area contributed by atoms with E-state index in [1.807, 2.05) is 0 Å². The quantitative estimate of drug-likeness (QED) is 0.647. The Hall–Kier alpha value is -2.48. The monoisotopic (exact) mass is 368 g/mol. The summed E-state index contributed by atoms with van der Waals surface area (Å²) >= 11 is 3.14. The van der Waals surface area contributed by atoms with Crippen LogP contribution >= 0.6 is 15.9 Å². The van der Waals surface area contributed by atoms with Gasteiger partial charge in [-0.1, -0.05) is 0 Å². The second-order valence-corrected chi connectivity index (χ2v) is 5.18. The molecule has 0 spiro atoms. The van der Waals surface area contributed by atoms with E-state index in [0.29, 0.717) is 10.2 Å². The topological polar surface area (TPSA) is 95.5 Å². The SMILES string of the molecule is NC(=O)c1ccc(COc2ccc(F)cc2Br)c([N+](=O)[O-])c1. The van der Waals surface area contributed by atoms with E-state index in [2.05, 4.69) is 15.9 Å². The molecular formula is C14H10BrFN2O4. The molecule has 0 fully saturated rings. The molecule has 1 amide bonds. The smallest absolute Gasteiger partial charge is 0.276 e. The molecule has 0 radical (unpaired) electrons. The van der Waals surface area contributed by atoms with E-state index in [-0.39, 0.29) is 23.4 Å². The van der Waals surface area contributed by atoms with Crippen LogP contribution in [0.4, 0.5) is 10.1 Å². The number of nitro groups is 1. The van der Waals surface area contributed by atoms with Crippen LogP contribution in [0.3, 0.4) is 0 Å². The minimum absolute atomic E-state index is 0.0402. The highest BCUT2D eigenvalue weighted by atomic mass is 79.9. The van der Waals surface area contributed by atoms with Crippen molar-refractivity contribution in [3.8, 4) is 5.75 Å². The maximum atomic E-state index is 13.0. The number of ether oxygens (including phenoxy) is 1. The van der Waals surface area contributed by atoms with Gasteiger partial charge < -0.3 is 10.5 Å². The van der Waals surface area contributed by atoms with Crippen molar-refractivity contribution < 1.29 is 18.8 Å². The highest BCUT2D eigenvalue weighted by Crippen LogP contribution is 2.28. The summed E-state index contributed by atoms with van der Waals surface area (Å²) < 4.78 is 18.8. The zero-order valence-electron chi connectivity index (χ0n) is 11.1. The first kappa shape index (κ1) is 15.9. The van der Waals surface area contributed by atoms with Crippen LogP contribution < -0.4 is 10.5 Å². The molecule has 0 aliphatic carbocycles. The number of primary amides is 1. The van der Waals surface area contributed by atoms with E-state index >= 15 is 0 Å². The molecule has 2 aromatic rings. The first-order valence-corrected chi connectivity index (χ1v) is 6.82. The minimum Gasteiger partial charge on any atom is -0.487 e. The van der Waals surface area contributed by atoms with Crippen molar-refractivity contribution in [3.63, 3.8) is 0 Å². The van der Waals surface area contributed by atoms with Crippen molar-refractivity contribution in [2.75, 3.05) is 0 Å². The van der Waals surface area contributed by atoms with Gasteiger partial charge in [0.1, 0.15) is 18.2 Å². The second kappa shape index (κ2) is 6.52. The van der Waals surface area contributed by atoms with Gasteiger partial charge in [-0.05, 0) is 46.3 Å². The third kappa shape index (κ3) is 3.59. The third-order valence-corrected chi connectivity index (χ3v) is 3.46. The lowest BCUT2D eigenvalue weighted by atomic mass is 10.1. The summed E-state index contributed by atoms with van der Waals surface area (Å²) in [5, 5.41) is 11.1. The number of amides is 1. The molecule has 0 aliphatic rings. The fourth-order valence-electron chi connectivity index (χ4n) is 1.76. The Morgan fingerprint density at radius 1 is 1.32 bits per heavy atom. The fourth-order valence-corrected chi connectivity index (χ4v) is 2.22. The van der Waals surface area contributed by atoms with Crippen LogP contribution in [0.1, 0.15) is 15.9 Å². The van der Waals surface area contributed by atoms with Gasteiger partial charge in [0.05, 0.1) is 15.0 Å². The van der Waals surface area contributed by atoms with Gasteiger partial charge in [-0.25, -0.2) is 4.39 Å². The predicted molar refractivity (Wildman–Crippen MR) is 80.0 cm³/mol. The molecule has 0 saturated heterocycles. The molecule has 2 aromatic carbocycles. The molecule has 0 aliphatic heterocycles. The summed E-state index contributed by atoms with van der Waals surface area (Å²) in [5.74, 6) is -0.845. The van der Waals surface area contributed by atoms with E-state index in [1.165, 1.54) is 30.3 Å². The summed E-state index contributed by atoms with van der Waals surface area (Å²) in [4.78, 5) is 21.5. The van der Waals surface area contributed by atoms with E-state index in [4.69, 9.17) is 10.5 Å². The van der Waals surface area contributed by atoms with Crippen molar-refractivity contribution in [2.24, 2.45) is 5.73 Å². The molecule has 6 nitrogen and oxygen atoms in total. The summed E-state index contributed by atoms with van der Waals surface area (Å²) in [6, 6.07) is 7.72. The molecule has 8 heteroatoms. The average molecular weight is 369 g/mol. The molecule has 2 rings (SSSR count). The van der Waals surface area contributed by atoms with Gasteiger partial charge in [-0.15, -0.1) is 0 Å². The van der Waals surface area contributed by atoms with Crippen LogP contribution in [0.2, 0.25) is 0 Å². The van der Waals surface area contributed by atoms with Crippen LogP contribution in [0.5, 0.6) is 5.75 Å². The molecule has 2 N–H and O–H groups in total. The molecule has 0 unspecified atom stereocenters. The molecule has 114 valence electrons. The molecule has 0 saturated carbocycles. The van der Waals surface area contributed by atoms with Gasteiger partial charge in [0, 0.05) is 11.6 Å². The van der Waals surface area contributed by atoms with Crippen molar-refractivity contribution in [3.05, 3.63) is 67.9 Å². The van der Waals surface area contributed by atoms with Crippen LogP contribution in [0, 0.1) is 15.9 Å². The second-order valence-electron chi connectivity index (χ2n) is 4.33. The Morgan fingerprint density at radius 3 is 2.64 bits per heavy atom. The van der Waals surface area contributed by atoms with Gasteiger partial charge in [0.25, 0.3) is 5.69 Å². The number of hydrogen-bond acceptors (Lipinski definition) is 4. The number of nitrogens with zero attached hydrogens (tertiary/aromatic N) is 1. The highest BCUT2D eigenvalue weighted by molar-refractivity contribution is 9.10. The Kier molecular flexibility index (Phi) is 4.71. The molecule has 0 bridgehead atoms. The normalized spacial score (nSPS) is 10.3. The molecule has 22 heavy (non-hydrogen) atoms. The lowest BCUT2D eigenvalue weighted by Gasteiger charge is -2.09. The van der Waals surface area contributed by atoms with Gasteiger partial charge in [-0.3, -0.25) is 14.9 Å². The Labute approximate surface area is 133 Å². The van der Waals surface area contributed by atoms with E-state index in [9.17, 15) is 19.3 Å². The number of rotatable bonds is 5. The summed E-state index contributed by atoms with van der Waals surface area (Å²) in [7, 11) is 0. The van der Waals surface area contributed by atoms with Gasteiger partial charge >= 0.3 is 0 Å². The summed E-state index contributed by atoms with van der Waals surface area (Å²) in [6.45, 7) is -0.112. The third-order valence-electron chi connectivity index (χ3n) is 2.84. The number of nitro benzene ring substituents is 1. The van der Waals surface area contributed by atoms with Gasteiger partial charge in [0.15, 0.2) is 0 Å². The predicted octanol–water partition coefficient (Wildman–Crippen LogP) is 3.17. The number of carbonyl (C=O) groups excluding carboxylic acids is 1. The first-order chi connectivity index (χ1) is 10.4. The van der Waals surface area contributed by atoms with Crippen molar-refractivity contribution in [1.82, 2.24) is 0 Å². The number of nitrogens with two attached hydrogens (primary N) is 1. The van der Waals surface area contributed by atoms with E-state index in [1.54, 1.807) is 0 Å². The number of carbonyl (C=O) groups is 1. The maximum absolute atomic E-state index is 13.0. The molecule has 0 atom stereocenters. The first-order valence-electron chi connectivity index (χ1n) is 6.03. The standard InChI is InChI=1S/C14H10BrFN2O4/c15-11-6-10(16)3-4-13(11)22-7-9-2-1-8(14(17)19)5-12(9)18(20)21/h1-6H,7H2,(H2,17,19). The molecular weight excluding hydrogens is 359 g/mol. The highest BCUT2D eigenvalue weighted by Gasteiger charge is 2.17. The maximum Gasteiger partial charge on any atom is 0.276 e.